The second kappa shape index (κ2) is 6.44. The second-order valence-electron chi connectivity index (χ2n) is 6.30. The Balaban J connectivity index is 1.54. The van der Waals surface area contributed by atoms with Crippen LogP contribution in [0.3, 0.4) is 0 Å². The van der Waals surface area contributed by atoms with Crippen molar-refractivity contribution in [3.63, 3.8) is 0 Å². The number of aromatic nitrogens is 3. The average Bonchev–Trinajstić information content (AvgIpc) is 3.34. The fraction of sp³-hybridized carbons (Fsp3) is 0.333. The summed E-state index contributed by atoms with van der Waals surface area (Å²) in [4.78, 5) is 20.1. The van der Waals surface area contributed by atoms with E-state index in [9.17, 15) is 13.6 Å². The Kier molecular flexibility index (Phi) is 4.10. The number of benzene rings is 1. The summed E-state index contributed by atoms with van der Waals surface area (Å²) in [5, 5.41) is 3.60. The van der Waals surface area contributed by atoms with Gasteiger partial charge in [-0.25, -0.2) is 4.98 Å². The van der Waals surface area contributed by atoms with Crippen molar-refractivity contribution in [1.29, 1.82) is 0 Å². The predicted octanol–water partition coefficient (Wildman–Crippen LogP) is 4.27. The van der Waals surface area contributed by atoms with Gasteiger partial charge in [0.2, 0.25) is 11.6 Å². The van der Waals surface area contributed by atoms with Crippen LogP contribution in [0.5, 0.6) is 0 Å². The van der Waals surface area contributed by atoms with Crippen molar-refractivity contribution in [2.24, 2.45) is 0 Å². The van der Waals surface area contributed by atoms with Gasteiger partial charge in [0.25, 0.3) is 5.89 Å². The quantitative estimate of drug-likeness (QED) is 0.633. The van der Waals surface area contributed by atoms with Crippen molar-refractivity contribution in [3.05, 3.63) is 53.1 Å². The third kappa shape index (κ3) is 2.91. The largest absolute Gasteiger partial charge is 0.440 e. The van der Waals surface area contributed by atoms with Gasteiger partial charge in [-0.15, -0.1) is 0 Å². The fourth-order valence-corrected chi connectivity index (χ4v) is 3.38. The maximum absolute atomic E-state index is 12.6. The lowest BCUT2D eigenvalue weighted by Gasteiger charge is -2.10. The van der Waals surface area contributed by atoms with Crippen LogP contribution in [0.15, 0.2) is 33.5 Å². The van der Waals surface area contributed by atoms with E-state index < -0.39 is 12.3 Å². The average molecular weight is 359 g/mol. The number of nitrogens with zero attached hydrogens (tertiary/aromatic N) is 3. The first kappa shape index (κ1) is 16.6. The lowest BCUT2D eigenvalue weighted by atomic mass is 9.94. The molecule has 134 valence electrons. The molecule has 0 N–H and O–H groups in total. The first-order chi connectivity index (χ1) is 12.5. The molecule has 4 rings (SSSR count). The van der Waals surface area contributed by atoms with Crippen LogP contribution in [0.25, 0.3) is 11.4 Å². The summed E-state index contributed by atoms with van der Waals surface area (Å²) in [5.41, 5.74) is 3.36. The fourth-order valence-electron chi connectivity index (χ4n) is 3.38. The van der Waals surface area contributed by atoms with Gasteiger partial charge in [-0.1, -0.05) is 17.3 Å². The first-order valence-corrected chi connectivity index (χ1v) is 8.21. The van der Waals surface area contributed by atoms with Crippen LogP contribution >= 0.6 is 0 Å². The molecule has 0 unspecified atom stereocenters. The molecule has 0 amide bonds. The highest BCUT2D eigenvalue weighted by Crippen LogP contribution is 2.38. The van der Waals surface area contributed by atoms with Crippen LogP contribution in [0.2, 0.25) is 0 Å². The van der Waals surface area contributed by atoms with E-state index in [-0.39, 0.29) is 17.5 Å². The number of oxazole rings is 1. The number of ketones is 1. The van der Waals surface area contributed by atoms with Crippen molar-refractivity contribution in [2.75, 3.05) is 0 Å². The Labute approximate surface area is 147 Å². The van der Waals surface area contributed by atoms with Gasteiger partial charge >= 0.3 is 6.43 Å². The van der Waals surface area contributed by atoms with E-state index in [0.29, 0.717) is 23.4 Å². The number of Topliss-reactive ketones (excluding diaryl/α,β-unsaturated/α-hetero) is 1. The van der Waals surface area contributed by atoms with E-state index in [1.807, 2.05) is 12.1 Å². The summed E-state index contributed by atoms with van der Waals surface area (Å²) in [6.45, 7) is 1.74. The Morgan fingerprint density at radius 3 is 2.92 bits per heavy atom. The minimum absolute atomic E-state index is 0.0679. The molecule has 0 radical (unpaired) electrons. The molecule has 6 nitrogen and oxygen atoms in total. The molecule has 26 heavy (non-hydrogen) atoms. The smallest absolute Gasteiger partial charge is 0.315 e. The molecule has 1 aliphatic rings. The van der Waals surface area contributed by atoms with Gasteiger partial charge in [-0.3, -0.25) is 4.79 Å². The van der Waals surface area contributed by atoms with Crippen LogP contribution in [0, 0.1) is 6.92 Å². The van der Waals surface area contributed by atoms with Crippen molar-refractivity contribution in [3.8, 4) is 11.4 Å². The maximum Gasteiger partial charge on any atom is 0.315 e. The molecule has 2 aromatic heterocycles. The van der Waals surface area contributed by atoms with E-state index >= 15 is 0 Å². The molecule has 8 heteroatoms. The Morgan fingerprint density at radius 2 is 2.23 bits per heavy atom. The number of halogens is 2. The van der Waals surface area contributed by atoms with E-state index in [1.165, 1.54) is 6.39 Å². The third-order valence-electron chi connectivity index (χ3n) is 4.66. The van der Waals surface area contributed by atoms with Crippen LogP contribution in [0.4, 0.5) is 8.78 Å². The van der Waals surface area contributed by atoms with E-state index in [2.05, 4.69) is 19.6 Å². The molecule has 0 saturated carbocycles. The number of fused-ring (bicyclic) bond motifs is 1. The monoisotopic (exact) mass is 359 g/mol. The zero-order valence-corrected chi connectivity index (χ0v) is 13.9. The second-order valence-corrected chi connectivity index (χ2v) is 6.30. The third-order valence-corrected chi connectivity index (χ3v) is 4.66. The van der Waals surface area contributed by atoms with Crippen LogP contribution in [0.1, 0.15) is 58.5 Å². The Morgan fingerprint density at radius 1 is 1.38 bits per heavy atom. The van der Waals surface area contributed by atoms with Gasteiger partial charge < -0.3 is 8.94 Å². The number of alkyl halides is 2. The van der Waals surface area contributed by atoms with Crippen LogP contribution < -0.4 is 0 Å². The molecule has 3 aromatic rings. The van der Waals surface area contributed by atoms with Gasteiger partial charge in [0, 0.05) is 12.0 Å². The lowest BCUT2D eigenvalue weighted by molar-refractivity contribution is 0.0945. The molecule has 0 fully saturated rings. The maximum atomic E-state index is 12.6. The minimum atomic E-state index is -2.79. The number of rotatable bonds is 5. The number of aryl methyl sites for hydroxylation is 2. The molecule has 0 saturated heterocycles. The summed E-state index contributed by atoms with van der Waals surface area (Å²) < 4.78 is 34.9. The summed E-state index contributed by atoms with van der Waals surface area (Å²) >= 11 is 0. The van der Waals surface area contributed by atoms with Gasteiger partial charge in [-0.05, 0) is 42.9 Å². The van der Waals surface area contributed by atoms with Crippen molar-refractivity contribution in [2.45, 2.75) is 38.5 Å². The summed E-state index contributed by atoms with van der Waals surface area (Å²) in [7, 11) is 0. The predicted molar refractivity (Wildman–Crippen MR) is 85.9 cm³/mol. The summed E-state index contributed by atoms with van der Waals surface area (Å²) in [6.07, 6.45) is 0.471. The molecule has 0 aliphatic heterocycles. The van der Waals surface area contributed by atoms with Gasteiger partial charge in [0.1, 0.15) is 0 Å². The lowest BCUT2D eigenvalue weighted by Crippen LogP contribution is -2.06. The molecular weight excluding hydrogens is 344 g/mol. The highest BCUT2D eigenvalue weighted by Gasteiger charge is 2.28. The number of carbonyl (C=O) groups is 1. The Bertz CT molecular complexity index is 964. The van der Waals surface area contributed by atoms with Gasteiger partial charge in [-0.2, -0.15) is 13.8 Å². The van der Waals surface area contributed by atoms with Gasteiger partial charge in [0.15, 0.2) is 12.2 Å². The van der Waals surface area contributed by atoms with Crippen molar-refractivity contribution < 1.29 is 22.5 Å². The standard InChI is InChI=1S/C18H15F2N3O3/c1-9-15(25-8-21-9)14(24)7-11-3-2-10-6-12(4-5-13(10)11)17-22-18(16(19)20)26-23-17/h4-6,8,11,16H,2-3,7H2,1H3/t11-/m0/s1. The normalized spacial score (nSPS) is 16.2. The molecular formula is C18H15F2N3O3. The summed E-state index contributed by atoms with van der Waals surface area (Å²) in [6, 6.07) is 5.54. The zero-order chi connectivity index (χ0) is 18.3. The molecule has 0 bridgehead atoms. The number of hydrogen-bond donors (Lipinski definition) is 0. The van der Waals surface area contributed by atoms with E-state index in [1.54, 1.807) is 13.0 Å². The molecule has 2 heterocycles. The van der Waals surface area contributed by atoms with Crippen molar-refractivity contribution >= 4 is 5.78 Å². The van der Waals surface area contributed by atoms with Gasteiger partial charge in [0.05, 0.1) is 5.69 Å². The van der Waals surface area contributed by atoms with E-state index in [4.69, 9.17) is 4.42 Å². The first-order valence-electron chi connectivity index (χ1n) is 8.21. The van der Waals surface area contributed by atoms with Crippen LogP contribution in [-0.4, -0.2) is 20.9 Å². The molecule has 0 spiro atoms. The topological polar surface area (TPSA) is 82.0 Å². The summed E-state index contributed by atoms with van der Waals surface area (Å²) in [5.74, 6) is -0.215. The highest BCUT2D eigenvalue weighted by atomic mass is 19.3. The minimum Gasteiger partial charge on any atom is -0.440 e. The number of hydrogen-bond acceptors (Lipinski definition) is 6. The Hall–Kier alpha value is -2.90. The van der Waals surface area contributed by atoms with E-state index in [0.717, 1.165) is 24.0 Å². The SMILES string of the molecule is Cc1ncoc1C(=O)C[C@@H]1CCc2cc(-c3noc(C(F)F)n3)ccc21. The molecule has 1 aromatic carbocycles. The molecule has 1 atom stereocenters. The zero-order valence-electron chi connectivity index (χ0n) is 13.9. The van der Waals surface area contributed by atoms with Crippen LogP contribution in [-0.2, 0) is 6.42 Å². The molecule has 1 aliphatic carbocycles. The van der Waals surface area contributed by atoms with Crippen molar-refractivity contribution in [1.82, 2.24) is 15.1 Å². The highest BCUT2D eigenvalue weighted by molar-refractivity contribution is 5.94. The number of carbonyl (C=O) groups excluding carboxylic acids is 1.